The quantitative estimate of drug-likeness (QED) is 0.0565. The van der Waals surface area contributed by atoms with Gasteiger partial charge >= 0.3 is 6.03 Å². The number of aliphatic hydroxyl groups excluding tert-OH is 3. The van der Waals surface area contributed by atoms with Gasteiger partial charge < -0.3 is 35.6 Å². The van der Waals surface area contributed by atoms with Crippen molar-refractivity contribution < 1.29 is 41.2 Å². The van der Waals surface area contributed by atoms with Gasteiger partial charge in [-0.15, -0.1) is 16.5 Å². The second-order valence-corrected chi connectivity index (χ2v) is 9.28. The summed E-state index contributed by atoms with van der Waals surface area (Å²) in [7, 11) is 0. The Labute approximate surface area is 211 Å². The van der Waals surface area contributed by atoms with Crippen LogP contribution in [0.5, 0.6) is 0 Å². The Morgan fingerprint density at radius 2 is 1.69 bits per heavy atom. The largest absolute Gasteiger partial charge is 0.387 e. The van der Waals surface area contributed by atoms with E-state index >= 15 is 0 Å². The van der Waals surface area contributed by atoms with Gasteiger partial charge in [0.2, 0.25) is 11.5 Å². The molecule has 0 saturated carbocycles. The van der Waals surface area contributed by atoms with E-state index in [1.807, 2.05) is 0 Å². The Morgan fingerprint density at radius 3 is 2.20 bits per heavy atom. The summed E-state index contributed by atoms with van der Waals surface area (Å²) in [5.74, 6) is -4.03. The number of ketones is 1. The summed E-state index contributed by atoms with van der Waals surface area (Å²) < 4.78 is 13.2. The predicted octanol–water partition coefficient (Wildman–Crippen LogP) is 1.29. The number of aliphatic hydroxyl groups is 5. The maximum Gasteiger partial charge on any atom is 0.342 e. The Morgan fingerprint density at radius 1 is 1.14 bits per heavy atom. The number of halogens is 1. The number of hydrogen-bond donors (Lipinski definition) is 6. The lowest BCUT2D eigenvalue weighted by molar-refractivity contribution is -0.390. The number of Topliss-reactive ketones (excluding diaryl/α,β-unsaturated/α-hetero) is 1. The van der Waals surface area contributed by atoms with Crippen molar-refractivity contribution in [2.75, 3.05) is 12.4 Å². The lowest BCUT2D eigenvalue weighted by atomic mass is 9.84. The summed E-state index contributed by atoms with van der Waals surface area (Å²) in [4.78, 5) is 35.6. The van der Waals surface area contributed by atoms with E-state index in [0.717, 1.165) is 39.0 Å². The molecule has 1 saturated heterocycles. The van der Waals surface area contributed by atoms with Gasteiger partial charge in [0, 0.05) is 13.6 Å². The Hall–Kier alpha value is -1.41. The fourth-order valence-electron chi connectivity index (χ4n) is 3.86. The topological polar surface area (TPSA) is 189 Å². The molecule has 3 unspecified atom stereocenters. The molecule has 1 fully saturated rings. The zero-order valence-electron chi connectivity index (χ0n) is 21.3. The molecule has 1 aliphatic rings. The number of unbranched alkanes of at least 4 members (excludes halogenated alkanes) is 7. The van der Waals surface area contributed by atoms with E-state index in [9.17, 15) is 40.0 Å². The van der Waals surface area contributed by atoms with Gasteiger partial charge in [-0.3, -0.25) is 4.79 Å². The minimum Gasteiger partial charge on any atom is -0.387 e. The van der Waals surface area contributed by atoms with Crippen molar-refractivity contribution in [3.8, 4) is 0 Å². The maximum absolute atomic E-state index is 12.6. The molecule has 1 heterocycles. The van der Waals surface area contributed by atoms with Gasteiger partial charge in [0.1, 0.15) is 24.4 Å². The number of amides is 2. The molecule has 0 spiro atoms. The fraction of sp³-hybridized carbons (Fsp3) is 0.909. The lowest BCUT2D eigenvalue weighted by Crippen LogP contribution is -2.79. The van der Waals surface area contributed by atoms with Crippen molar-refractivity contribution in [1.29, 1.82) is 0 Å². The monoisotopic (exact) mass is 526 g/mol. The molecule has 2 amide bonds. The molecular weight excluding hydrogens is 486 g/mol. The molecule has 13 heteroatoms. The van der Waals surface area contributed by atoms with E-state index in [2.05, 4.69) is 12.2 Å². The zero-order chi connectivity index (χ0) is 27.5. The number of carbonyl (C=O) groups excluding carboxylic acids is 2. The van der Waals surface area contributed by atoms with E-state index < -0.39 is 54.1 Å². The smallest absolute Gasteiger partial charge is 0.342 e. The molecule has 12 nitrogen and oxygen atoms in total. The summed E-state index contributed by atoms with van der Waals surface area (Å²) in [6.45, 7) is 2.58. The van der Waals surface area contributed by atoms with Gasteiger partial charge in [-0.25, -0.2) is 4.79 Å². The third-order valence-corrected chi connectivity index (χ3v) is 6.26. The van der Waals surface area contributed by atoms with Gasteiger partial charge in [-0.05, 0) is 13.3 Å². The molecular formula is C22H40ClN3O9. The molecule has 0 aromatic carbocycles. The first kappa shape index (κ1) is 29.8. The van der Waals surface area contributed by atoms with E-state index in [1.165, 1.54) is 12.8 Å². The SMILES string of the molecule is [2H]C(CCCCCCCCCC)C(=O)C(O)[C@H]1OC(C)(O)[C@@](O)(NC(=O)N(CCCl)N=O)[C@@H](O)[C@@H]1O. The molecule has 0 aromatic heterocycles. The first-order chi connectivity index (χ1) is 16.9. The first-order valence-electron chi connectivity index (χ1n) is 12.6. The van der Waals surface area contributed by atoms with Crippen LogP contribution in [-0.4, -0.2) is 90.7 Å². The molecule has 35 heavy (non-hydrogen) atoms. The van der Waals surface area contributed by atoms with E-state index in [4.69, 9.17) is 17.7 Å². The Balaban J connectivity index is 2.76. The van der Waals surface area contributed by atoms with Gasteiger partial charge in [-0.1, -0.05) is 58.3 Å². The van der Waals surface area contributed by atoms with Crippen LogP contribution < -0.4 is 5.32 Å². The number of carbonyl (C=O) groups is 2. The fourth-order valence-corrected chi connectivity index (χ4v) is 4.02. The van der Waals surface area contributed by atoms with Crippen LogP contribution in [0, 0.1) is 4.91 Å². The van der Waals surface area contributed by atoms with Crippen molar-refractivity contribution in [3.63, 3.8) is 0 Å². The molecule has 1 rings (SSSR count). The normalized spacial score (nSPS) is 30.7. The number of alkyl halides is 1. The van der Waals surface area contributed by atoms with E-state index in [-0.39, 0.29) is 23.9 Å². The highest BCUT2D eigenvalue weighted by atomic mass is 35.5. The van der Waals surface area contributed by atoms with Gasteiger partial charge in [0.25, 0.3) is 0 Å². The third kappa shape index (κ3) is 8.59. The highest BCUT2D eigenvalue weighted by molar-refractivity contribution is 6.18. The lowest BCUT2D eigenvalue weighted by Gasteiger charge is -2.52. The van der Waals surface area contributed by atoms with Crippen LogP contribution in [0.4, 0.5) is 4.79 Å². The zero-order valence-corrected chi connectivity index (χ0v) is 21.1. The van der Waals surface area contributed by atoms with Gasteiger partial charge in [0.15, 0.2) is 5.78 Å². The Bertz CT molecular complexity index is 720. The molecule has 204 valence electrons. The molecule has 1 aliphatic heterocycles. The van der Waals surface area contributed by atoms with Crippen LogP contribution in [0.25, 0.3) is 0 Å². The number of nitrogens with zero attached hydrogens (tertiary/aromatic N) is 2. The summed E-state index contributed by atoms with van der Waals surface area (Å²) >= 11 is 5.46. The summed E-state index contributed by atoms with van der Waals surface area (Å²) in [5.41, 5.74) is -3.07. The van der Waals surface area contributed by atoms with Crippen LogP contribution >= 0.6 is 11.6 Å². The molecule has 6 N–H and O–H groups in total. The second kappa shape index (κ2) is 15.0. The number of nitroso groups, excluding NO2 is 1. The van der Waals surface area contributed by atoms with Crippen LogP contribution in [0.3, 0.4) is 0 Å². The average molecular weight is 527 g/mol. The van der Waals surface area contributed by atoms with Crippen molar-refractivity contribution in [2.24, 2.45) is 5.29 Å². The number of nitrogens with one attached hydrogen (secondary N) is 1. The van der Waals surface area contributed by atoms with Gasteiger partial charge in [0.05, 0.1) is 11.8 Å². The number of rotatable bonds is 16. The maximum atomic E-state index is 12.6. The summed E-state index contributed by atoms with van der Waals surface area (Å²) in [6.07, 6.45) is -1.61. The van der Waals surface area contributed by atoms with Crippen molar-refractivity contribution in [1.82, 2.24) is 10.3 Å². The summed E-state index contributed by atoms with van der Waals surface area (Å²) in [6, 6.07) is -1.37. The van der Waals surface area contributed by atoms with E-state index in [1.54, 1.807) is 5.32 Å². The number of ether oxygens (including phenoxy) is 1. The minimum atomic E-state index is -3.07. The van der Waals surface area contributed by atoms with Crippen LogP contribution in [0.1, 0.15) is 79.4 Å². The van der Waals surface area contributed by atoms with Crippen LogP contribution in [0.15, 0.2) is 5.29 Å². The molecule has 0 aliphatic carbocycles. The molecule has 0 radical (unpaired) electrons. The Kier molecular flexibility index (Phi) is 12.8. The molecule has 0 bridgehead atoms. The first-order valence-corrected chi connectivity index (χ1v) is 12.5. The number of urea groups is 1. The highest BCUT2D eigenvalue weighted by Gasteiger charge is 2.64. The third-order valence-electron chi connectivity index (χ3n) is 6.09. The number of hydrogen-bond acceptors (Lipinski definition) is 10. The van der Waals surface area contributed by atoms with Gasteiger partial charge in [-0.2, -0.15) is 5.01 Å². The second-order valence-electron chi connectivity index (χ2n) is 8.91. The highest BCUT2D eigenvalue weighted by Crippen LogP contribution is 2.36. The molecule has 7 atom stereocenters. The van der Waals surface area contributed by atoms with Crippen LogP contribution in [0.2, 0.25) is 0 Å². The molecule has 0 aromatic rings. The standard InChI is InChI=1S/C22H40ClN3O9/c1-3-4-5-6-7-8-9-10-11-12-15(27)16(28)18-17(29)19(30)22(33,21(2,32)35-18)24-20(31)26(25-34)14-13-23/h16-19,28-30,32-33H,3-14H2,1-2H3,(H,24,31)/t16?,17-,18-,19+,21?,22-/m1/s1/i12D/t12?,16?,17-,18-,19+,21?,22-. The van der Waals surface area contributed by atoms with E-state index in [0.29, 0.717) is 6.42 Å². The van der Waals surface area contributed by atoms with Crippen molar-refractivity contribution >= 4 is 23.4 Å². The summed E-state index contributed by atoms with van der Waals surface area (Å²) in [5, 5.41) is 57.3. The van der Waals surface area contributed by atoms with Crippen LogP contribution in [-0.2, 0) is 9.53 Å². The average Bonchev–Trinajstić information content (AvgIpc) is 2.84. The predicted molar refractivity (Wildman–Crippen MR) is 127 cm³/mol. The van der Waals surface area contributed by atoms with Crippen molar-refractivity contribution in [2.45, 2.75) is 114 Å². The minimum absolute atomic E-state index is 0.168. The van der Waals surface area contributed by atoms with Crippen molar-refractivity contribution in [3.05, 3.63) is 4.91 Å².